The van der Waals surface area contributed by atoms with Crippen molar-refractivity contribution in [2.24, 2.45) is 11.5 Å². The zero-order chi connectivity index (χ0) is 41.8. The molecule has 4 nitrogen and oxygen atoms in total. The molecule has 8 aromatic rings. The van der Waals surface area contributed by atoms with Crippen LogP contribution in [0.2, 0.25) is 0 Å². The van der Waals surface area contributed by atoms with Crippen molar-refractivity contribution >= 4 is 28.2 Å². The molecule has 4 heteroatoms. The highest BCUT2D eigenvalue weighted by molar-refractivity contribution is 6.11. The summed E-state index contributed by atoms with van der Waals surface area (Å²) in [5, 5.41) is 9.96. The maximum absolute atomic E-state index is 7.88. The summed E-state index contributed by atoms with van der Waals surface area (Å²) in [5.41, 5.74) is 21.6. The predicted octanol–water partition coefficient (Wildman–Crippen LogP) is 14.1. The maximum atomic E-state index is 7.88. The Hall–Kier alpha value is -6.33. The lowest BCUT2D eigenvalue weighted by molar-refractivity contribution is 0.668. The van der Waals surface area contributed by atoms with E-state index in [4.69, 9.17) is 15.6 Å². The van der Waals surface area contributed by atoms with Gasteiger partial charge in [0, 0.05) is 22.6 Å². The minimum atomic E-state index is -0.183. The van der Waals surface area contributed by atoms with E-state index in [2.05, 4.69) is 99.8 Å². The summed E-state index contributed by atoms with van der Waals surface area (Å²) in [6.07, 6.45) is 3.10. The molecule has 5 N–H and O–H groups in total. The second-order valence-electron chi connectivity index (χ2n) is 12.6. The van der Waals surface area contributed by atoms with E-state index in [9.17, 15) is 0 Å². The minimum absolute atomic E-state index is 0.183. The summed E-state index contributed by atoms with van der Waals surface area (Å²) in [6.45, 7) is 15.5. The van der Waals surface area contributed by atoms with E-state index < -0.39 is 0 Å². The van der Waals surface area contributed by atoms with E-state index >= 15 is 0 Å². The van der Waals surface area contributed by atoms with Gasteiger partial charge in [-0.1, -0.05) is 194 Å². The van der Waals surface area contributed by atoms with Gasteiger partial charge in [-0.2, -0.15) is 0 Å². The minimum Gasteiger partial charge on any atom is -0.455 e. The highest BCUT2D eigenvalue weighted by Gasteiger charge is 2.14. The molecule has 0 saturated heterocycles. The van der Waals surface area contributed by atoms with E-state index in [1.165, 1.54) is 30.0 Å². The highest BCUT2D eigenvalue weighted by Crippen LogP contribution is 2.35. The molecule has 294 valence electrons. The van der Waals surface area contributed by atoms with E-state index in [0.717, 1.165) is 49.8 Å². The Morgan fingerprint density at radius 1 is 0.526 bits per heavy atom. The number of para-hydroxylation sites is 1. The van der Waals surface area contributed by atoms with Gasteiger partial charge in [0.1, 0.15) is 11.2 Å². The topological polar surface area (TPSA) is 89.0 Å². The fraction of sp³-hybridized carbons (Fsp3) is 0.151. The van der Waals surface area contributed by atoms with E-state index in [1.54, 1.807) is 6.08 Å². The summed E-state index contributed by atoms with van der Waals surface area (Å²) in [5.74, 6) is 0. The quantitative estimate of drug-likeness (QED) is 0.123. The number of furan rings is 1. The summed E-state index contributed by atoms with van der Waals surface area (Å²) in [7, 11) is 1.50. The van der Waals surface area contributed by atoms with Crippen molar-refractivity contribution in [2.75, 3.05) is 7.05 Å². The molecule has 7 aromatic carbocycles. The molecule has 57 heavy (non-hydrogen) atoms. The molecule has 0 aliphatic carbocycles. The van der Waals surface area contributed by atoms with Gasteiger partial charge in [-0.25, -0.2) is 0 Å². The van der Waals surface area contributed by atoms with Crippen LogP contribution in [-0.4, -0.2) is 13.3 Å². The van der Waals surface area contributed by atoms with Gasteiger partial charge in [0.05, 0.1) is 6.04 Å². The smallest absolute Gasteiger partial charge is 0.144 e. The summed E-state index contributed by atoms with van der Waals surface area (Å²) >= 11 is 0. The first kappa shape index (κ1) is 46.8. The molecule has 1 aromatic heterocycles. The first-order valence-corrected chi connectivity index (χ1v) is 19.4. The Kier molecular flexibility index (Phi) is 22.4. The normalized spacial score (nSPS) is 9.91. The second kappa shape index (κ2) is 27.3. The summed E-state index contributed by atoms with van der Waals surface area (Å²) in [6, 6.07) is 61.2. The molecule has 0 amide bonds. The third-order valence-corrected chi connectivity index (χ3v) is 8.22. The second-order valence-corrected chi connectivity index (χ2v) is 12.6. The Bertz CT molecular complexity index is 2170. The molecule has 8 rings (SSSR count). The fourth-order valence-electron chi connectivity index (χ4n) is 5.49. The van der Waals surface area contributed by atoms with E-state index in [1.807, 2.05) is 136 Å². The zero-order valence-electron chi connectivity index (χ0n) is 34.8. The van der Waals surface area contributed by atoms with Crippen LogP contribution < -0.4 is 11.5 Å². The van der Waals surface area contributed by atoms with Crippen LogP contribution in [0.25, 0.3) is 33.1 Å². The van der Waals surface area contributed by atoms with Gasteiger partial charge in [0.25, 0.3) is 0 Å². The van der Waals surface area contributed by atoms with Crippen LogP contribution in [0.15, 0.2) is 199 Å². The zero-order valence-corrected chi connectivity index (χ0v) is 34.8. The maximum Gasteiger partial charge on any atom is 0.144 e. The lowest BCUT2D eigenvalue weighted by Crippen LogP contribution is -2.11. The average Bonchev–Trinajstić information content (AvgIpc) is 3.65. The van der Waals surface area contributed by atoms with Crippen LogP contribution in [-0.2, 0) is 0 Å². The molecule has 0 aliphatic rings. The molecule has 0 saturated carbocycles. The molecule has 1 heterocycles. The third kappa shape index (κ3) is 15.7. The Labute approximate surface area is 342 Å². The van der Waals surface area contributed by atoms with Gasteiger partial charge in [-0.05, 0) is 81.3 Å². The fourth-order valence-corrected chi connectivity index (χ4v) is 5.49. The molecule has 1 atom stereocenters. The summed E-state index contributed by atoms with van der Waals surface area (Å²) in [4.78, 5) is 0. The molecule has 0 bridgehead atoms. The van der Waals surface area contributed by atoms with Gasteiger partial charge >= 0.3 is 0 Å². The number of fused-ring (bicyclic) bond motifs is 3. The van der Waals surface area contributed by atoms with Crippen LogP contribution in [0, 0.1) is 26.2 Å². The number of aryl methyl sites for hydroxylation is 3. The number of hydrogen-bond donors (Lipinski definition) is 3. The van der Waals surface area contributed by atoms with Crippen molar-refractivity contribution in [1.29, 1.82) is 5.41 Å². The third-order valence-electron chi connectivity index (χ3n) is 8.22. The molecule has 0 fully saturated rings. The number of hydrogen-bond acceptors (Lipinski definition) is 4. The Morgan fingerprint density at radius 2 is 0.947 bits per heavy atom. The lowest BCUT2D eigenvalue weighted by Gasteiger charge is -2.14. The highest BCUT2D eigenvalue weighted by atomic mass is 16.3. The number of nitrogens with two attached hydrogens (primary N) is 2. The van der Waals surface area contributed by atoms with Gasteiger partial charge in [0.15, 0.2) is 0 Å². The van der Waals surface area contributed by atoms with Crippen LogP contribution in [0.5, 0.6) is 0 Å². The molecule has 0 aliphatic heterocycles. The van der Waals surface area contributed by atoms with Crippen molar-refractivity contribution in [3.05, 3.63) is 228 Å². The van der Waals surface area contributed by atoms with Crippen LogP contribution in [0.3, 0.4) is 0 Å². The number of nitrogens with one attached hydrogen (secondary N) is 1. The van der Waals surface area contributed by atoms with Crippen molar-refractivity contribution < 1.29 is 4.42 Å². The Balaban J connectivity index is 0.000000323. The van der Waals surface area contributed by atoms with Crippen molar-refractivity contribution in [3.63, 3.8) is 0 Å². The van der Waals surface area contributed by atoms with Crippen LogP contribution in [0.4, 0.5) is 0 Å². The standard InChI is InChI=1S/C26H20N2O.3C7H8.C3H6.C2H6.CH5N/c27-16-21-14-20(15-23-22-11-4-5-12-24(22)29-26(21)23)18-9-6-10-19(13-18)25(28)17-7-2-1-3-8-17;3*1-7-5-3-2-4-6-7;1-3-2;2*1-2/h1-16,25,27H,28H2;3*2-6H,1H3;3H,1H2,2H3;1-2H3;2H2,1H3. The van der Waals surface area contributed by atoms with Crippen molar-refractivity contribution in [3.8, 4) is 11.1 Å². The van der Waals surface area contributed by atoms with Crippen LogP contribution >= 0.6 is 0 Å². The largest absolute Gasteiger partial charge is 0.455 e. The first-order valence-electron chi connectivity index (χ1n) is 19.4. The van der Waals surface area contributed by atoms with Gasteiger partial charge in [-0.15, -0.1) is 6.58 Å². The van der Waals surface area contributed by atoms with E-state index in [0.29, 0.717) is 0 Å². The summed E-state index contributed by atoms with van der Waals surface area (Å²) < 4.78 is 6.01. The Morgan fingerprint density at radius 3 is 1.39 bits per heavy atom. The van der Waals surface area contributed by atoms with Gasteiger partial charge < -0.3 is 21.3 Å². The monoisotopic (exact) mass is 755 g/mol. The SMILES string of the molecule is C=CC.CC.CN.Cc1ccccc1.Cc1ccccc1.Cc1ccccc1.N=Cc1cc(-c2cccc(C(N)c3ccccc3)c2)cc2c1oc1ccccc12. The van der Waals surface area contributed by atoms with Crippen molar-refractivity contribution in [1.82, 2.24) is 0 Å². The molecular formula is C53H61N3O. The molecule has 0 spiro atoms. The average molecular weight is 756 g/mol. The number of rotatable bonds is 4. The van der Waals surface area contributed by atoms with Gasteiger partial charge in [0.2, 0.25) is 0 Å². The van der Waals surface area contributed by atoms with Crippen LogP contribution in [0.1, 0.15) is 60.2 Å². The molecule has 1 unspecified atom stereocenters. The lowest BCUT2D eigenvalue weighted by atomic mass is 9.94. The molecule has 0 radical (unpaired) electrons. The van der Waals surface area contributed by atoms with Gasteiger partial charge in [-0.3, -0.25) is 0 Å². The number of benzene rings is 7. The number of allylic oxidation sites excluding steroid dienone is 1. The predicted molar refractivity (Wildman–Crippen MR) is 250 cm³/mol. The molecular weight excluding hydrogens is 695 g/mol. The first-order chi connectivity index (χ1) is 27.8. The van der Waals surface area contributed by atoms with Crippen molar-refractivity contribution in [2.45, 2.75) is 47.6 Å². The van der Waals surface area contributed by atoms with E-state index in [-0.39, 0.29) is 6.04 Å².